The fourth-order valence-corrected chi connectivity index (χ4v) is 3.30. The molecule has 2 aromatic rings. The normalized spacial score (nSPS) is 14.9. The summed E-state index contributed by atoms with van der Waals surface area (Å²) in [5.41, 5.74) is 1.10. The SMILES string of the molecule is Cc1ccc(N(C(=O)OCC2CCCCC2)c2cccc(F)c2)cc1F. The van der Waals surface area contributed by atoms with Crippen molar-refractivity contribution in [3.8, 4) is 0 Å². The summed E-state index contributed by atoms with van der Waals surface area (Å²) in [5.74, 6) is -0.541. The van der Waals surface area contributed by atoms with Crippen LogP contribution in [0.15, 0.2) is 42.5 Å². The average Bonchev–Trinajstić information content (AvgIpc) is 2.64. The number of aryl methyl sites for hydroxylation is 1. The molecule has 0 radical (unpaired) electrons. The standard InChI is InChI=1S/C21H23F2NO2/c1-15-10-11-19(13-20(15)23)24(18-9-5-8-17(22)12-18)21(25)26-14-16-6-3-2-4-7-16/h5,8-13,16H,2-4,6-7,14H2,1H3. The number of nitrogens with zero attached hydrogens (tertiary/aromatic N) is 1. The van der Waals surface area contributed by atoms with Crippen molar-refractivity contribution in [2.24, 2.45) is 5.92 Å². The van der Waals surface area contributed by atoms with Gasteiger partial charge in [-0.15, -0.1) is 0 Å². The molecule has 0 spiro atoms. The van der Waals surface area contributed by atoms with Crippen molar-refractivity contribution in [2.75, 3.05) is 11.5 Å². The van der Waals surface area contributed by atoms with Crippen LogP contribution in [0.5, 0.6) is 0 Å². The molecule has 0 atom stereocenters. The van der Waals surface area contributed by atoms with Crippen molar-refractivity contribution >= 4 is 17.5 Å². The van der Waals surface area contributed by atoms with E-state index >= 15 is 0 Å². The van der Waals surface area contributed by atoms with Crippen molar-refractivity contribution in [3.63, 3.8) is 0 Å². The van der Waals surface area contributed by atoms with Crippen molar-refractivity contribution in [2.45, 2.75) is 39.0 Å². The molecule has 3 rings (SSSR count). The van der Waals surface area contributed by atoms with Crippen LogP contribution in [0.4, 0.5) is 25.0 Å². The lowest BCUT2D eigenvalue weighted by Gasteiger charge is -2.25. The Hall–Kier alpha value is -2.43. The fraction of sp³-hybridized carbons (Fsp3) is 0.381. The van der Waals surface area contributed by atoms with Crippen LogP contribution in [-0.2, 0) is 4.74 Å². The summed E-state index contributed by atoms with van der Waals surface area (Å²) in [5, 5.41) is 0. The predicted molar refractivity (Wildman–Crippen MR) is 97.6 cm³/mol. The molecule has 0 aromatic heterocycles. The molecule has 0 saturated heterocycles. The number of anilines is 2. The second kappa shape index (κ2) is 8.30. The number of carbonyl (C=O) groups is 1. The predicted octanol–water partition coefficient (Wildman–Crippen LogP) is 6.13. The van der Waals surface area contributed by atoms with Gasteiger partial charge in [-0.2, -0.15) is 0 Å². The lowest BCUT2D eigenvalue weighted by atomic mass is 9.90. The van der Waals surface area contributed by atoms with E-state index in [4.69, 9.17) is 4.74 Å². The van der Waals surface area contributed by atoms with Crippen LogP contribution in [0, 0.1) is 24.5 Å². The van der Waals surface area contributed by atoms with Crippen LogP contribution in [0.1, 0.15) is 37.7 Å². The molecule has 5 heteroatoms. The Balaban J connectivity index is 1.84. The van der Waals surface area contributed by atoms with E-state index in [0.717, 1.165) is 25.7 Å². The van der Waals surface area contributed by atoms with Crippen LogP contribution in [-0.4, -0.2) is 12.7 Å². The smallest absolute Gasteiger partial charge is 0.418 e. The van der Waals surface area contributed by atoms with Gasteiger partial charge in [-0.1, -0.05) is 31.4 Å². The summed E-state index contributed by atoms with van der Waals surface area (Å²) in [7, 11) is 0. The molecule has 1 amide bonds. The molecule has 138 valence electrons. The van der Waals surface area contributed by atoms with Gasteiger partial charge in [0.1, 0.15) is 11.6 Å². The quantitative estimate of drug-likeness (QED) is 0.657. The lowest BCUT2D eigenvalue weighted by molar-refractivity contribution is 0.124. The maximum absolute atomic E-state index is 14.0. The highest BCUT2D eigenvalue weighted by atomic mass is 19.1. The molecule has 0 bridgehead atoms. The number of halogens is 2. The molecule has 0 unspecified atom stereocenters. The van der Waals surface area contributed by atoms with Gasteiger partial charge in [0.2, 0.25) is 0 Å². The van der Waals surface area contributed by atoms with Crippen molar-refractivity contribution in [1.82, 2.24) is 0 Å². The molecule has 0 heterocycles. The molecular weight excluding hydrogens is 336 g/mol. The first kappa shape index (κ1) is 18.4. The Kier molecular flexibility index (Phi) is 5.86. The van der Waals surface area contributed by atoms with Crippen molar-refractivity contribution in [3.05, 3.63) is 59.7 Å². The van der Waals surface area contributed by atoms with E-state index in [2.05, 4.69) is 0 Å². The van der Waals surface area contributed by atoms with Crippen LogP contribution >= 0.6 is 0 Å². The Morgan fingerprint density at radius 1 is 1.08 bits per heavy atom. The van der Waals surface area contributed by atoms with Gasteiger partial charge >= 0.3 is 6.09 Å². The van der Waals surface area contributed by atoms with E-state index in [0.29, 0.717) is 29.5 Å². The topological polar surface area (TPSA) is 29.5 Å². The van der Waals surface area contributed by atoms with Gasteiger partial charge in [0.05, 0.1) is 18.0 Å². The molecule has 1 fully saturated rings. The van der Waals surface area contributed by atoms with Gasteiger partial charge in [-0.3, -0.25) is 0 Å². The number of amides is 1. The molecule has 3 nitrogen and oxygen atoms in total. The maximum Gasteiger partial charge on any atom is 0.418 e. The summed E-state index contributed by atoms with van der Waals surface area (Å²) in [4.78, 5) is 14.0. The third-order valence-corrected chi connectivity index (χ3v) is 4.83. The Morgan fingerprint density at radius 2 is 1.81 bits per heavy atom. The molecule has 0 N–H and O–H groups in total. The third kappa shape index (κ3) is 4.40. The van der Waals surface area contributed by atoms with Gasteiger partial charge in [-0.25, -0.2) is 18.5 Å². The first-order valence-electron chi connectivity index (χ1n) is 9.03. The van der Waals surface area contributed by atoms with Gasteiger partial charge < -0.3 is 4.74 Å². The van der Waals surface area contributed by atoms with E-state index < -0.39 is 17.7 Å². The Morgan fingerprint density at radius 3 is 2.50 bits per heavy atom. The van der Waals surface area contributed by atoms with E-state index in [9.17, 15) is 13.6 Å². The number of carbonyl (C=O) groups excluding carboxylic acids is 1. The first-order valence-corrected chi connectivity index (χ1v) is 9.03. The fourth-order valence-electron chi connectivity index (χ4n) is 3.30. The van der Waals surface area contributed by atoms with Crippen LogP contribution < -0.4 is 4.90 Å². The minimum atomic E-state index is -0.621. The van der Waals surface area contributed by atoms with E-state index in [1.807, 2.05) is 0 Å². The van der Waals surface area contributed by atoms with E-state index in [1.165, 1.54) is 35.6 Å². The highest BCUT2D eigenvalue weighted by Gasteiger charge is 2.23. The van der Waals surface area contributed by atoms with Crippen LogP contribution in [0.2, 0.25) is 0 Å². The van der Waals surface area contributed by atoms with E-state index in [1.54, 1.807) is 25.1 Å². The second-order valence-electron chi connectivity index (χ2n) is 6.83. The van der Waals surface area contributed by atoms with E-state index in [-0.39, 0.29) is 0 Å². The van der Waals surface area contributed by atoms with Crippen molar-refractivity contribution in [1.29, 1.82) is 0 Å². The van der Waals surface area contributed by atoms with Crippen molar-refractivity contribution < 1.29 is 18.3 Å². The zero-order valence-corrected chi connectivity index (χ0v) is 14.9. The van der Waals surface area contributed by atoms with Crippen LogP contribution in [0.3, 0.4) is 0 Å². The molecule has 0 aliphatic heterocycles. The number of hydrogen-bond acceptors (Lipinski definition) is 2. The summed E-state index contributed by atoms with van der Waals surface area (Å²) < 4.78 is 33.2. The highest BCUT2D eigenvalue weighted by Crippen LogP contribution is 2.29. The summed E-state index contributed by atoms with van der Waals surface area (Å²) >= 11 is 0. The summed E-state index contributed by atoms with van der Waals surface area (Å²) in [6.45, 7) is 1.98. The number of benzene rings is 2. The highest BCUT2D eigenvalue weighted by molar-refractivity contribution is 5.96. The van der Waals surface area contributed by atoms with Gasteiger partial charge in [0.25, 0.3) is 0 Å². The summed E-state index contributed by atoms with van der Waals surface area (Å²) in [6.07, 6.45) is 5.00. The molecule has 1 aliphatic carbocycles. The molecule has 2 aromatic carbocycles. The largest absolute Gasteiger partial charge is 0.449 e. The lowest BCUT2D eigenvalue weighted by Crippen LogP contribution is -2.29. The monoisotopic (exact) mass is 359 g/mol. The zero-order valence-electron chi connectivity index (χ0n) is 14.9. The minimum absolute atomic E-state index is 0.307. The minimum Gasteiger partial charge on any atom is -0.449 e. The van der Waals surface area contributed by atoms with Gasteiger partial charge in [-0.05, 0) is 61.6 Å². The summed E-state index contributed by atoms with van der Waals surface area (Å²) in [6, 6.07) is 10.1. The molecule has 26 heavy (non-hydrogen) atoms. The number of rotatable bonds is 4. The Bertz CT molecular complexity index is 772. The van der Waals surface area contributed by atoms with Gasteiger partial charge in [0.15, 0.2) is 0 Å². The molecular formula is C21H23F2NO2. The first-order chi connectivity index (χ1) is 12.5. The average molecular weight is 359 g/mol. The zero-order chi connectivity index (χ0) is 18.5. The molecule has 1 aliphatic rings. The maximum atomic E-state index is 14.0. The third-order valence-electron chi connectivity index (χ3n) is 4.83. The number of hydrogen-bond donors (Lipinski definition) is 0. The van der Waals surface area contributed by atoms with Gasteiger partial charge in [0, 0.05) is 0 Å². The molecule has 1 saturated carbocycles. The Labute approximate surface area is 152 Å². The van der Waals surface area contributed by atoms with Crippen LogP contribution in [0.25, 0.3) is 0 Å². The second-order valence-corrected chi connectivity index (χ2v) is 6.83. The number of ether oxygens (including phenoxy) is 1.